The summed E-state index contributed by atoms with van der Waals surface area (Å²) >= 11 is 0. The number of hydrogen-bond acceptors (Lipinski definition) is 5. The molecular weight excluding hydrogens is 382 g/mol. The van der Waals surface area contributed by atoms with E-state index >= 15 is 0 Å². The van der Waals surface area contributed by atoms with Crippen molar-refractivity contribution in [3.8, 4) is 5.75 Å². The molecule has 1 fully saturated rings. The number of pyridine rings is 1. The molecule has 0 bridgehead atoms. The van der Waals surface area contributed by atoms with Crippen LogP contribution in [0, 0.1) is 0 Å². The molecule has 3 rings (SSSR count). The summed E-state index contributed by atoms with van der Waals surface area (Å²) in [5.41, 5.74) is 3.89. The minimum Gasteiger partial charge on any atom is -0.497 e. The fourth-order valence-corrected chi connectivity index (χ4v) is 3.44. The van der Waals surface area contributed by atoms with Crippen LogP contribution in [-0.2, 0) is 9.59 Å². The van der Waals surface area contributed by atoms with Crippen molar-refractivity contribution in [1.29, 1.82) is 0 Å². The number of hydrogen-bond donors (Lipinski definition) is 2. The monoisotopic (exact) mass is 407 g/mol. The SMILES string of the molecule is COc1ccc(C2CCCN(C(=O)/C=C/c3cccc(/C=C/C(=O)NO)n3)C2)cc1. The molecule has 1 aromatic heterocycles. The Labute approximate surface area is 175 Å². The van der Waals surface area contributed by atoms with Crippen LogP contribution in [0.25, 0.3) is 12.2 Å². The average molecular weight is 407 g/mol. The molecule has 2 heterocycles. The van der Waals surface area contributed by atoms with Crippen molar-refractivity contribution in [2.75, 3.05) is 20.2 Å². The summed E-state index contributed by atoms with van der Waals surface area (Å²) < 4.78 is 5.22. The second kappa shape index (κ2) is 10.4. The highest BCUT2D eigenvalue weighted by Crippen LogP contribution is 2.28. The Bertz CT molecular complexity index is 938. The van der Waals surface area contributed by atoms with E-state index in [-0.39, 0.29) is 5.91 Å². The van der Waals surface area contributed by atoms with Gasteiger partial charge in [0.15, 0.2) is 0 Å². The minimum atomic E-state index is -0.635. The van der Waals surface area contributed by atoms with Crippen LogP contribution in [0.2, 0.25) is 0 Å². The minimum absolute atomic E-state index is 0.0457. The van der Waals surface area contributed by atoms with Crippen LogP contribution in [0.15, 0.2) is 54.6 Å². The van der Waals surface area contributed by atoms with Gasteiger partial charge in [0.05, 0.1) is 18.5 Å². The van der Waals surface area contributed by atoms with Crippen LogP contribution < -0.4 is 10.2 Å². The van der Waals surface area contributed by atoms with Crippen LogP contribution in [0.1, 0.15) is 35.7 Å². The second-order valence-corrected chi connectivity index (χ2v) is 7.03. The van der Waals surface area contributed by atoms with E-state index in [1.54, 1.807) is 31.4 Å². The summed E-state index contributed by atoms with van der Waals surface area (Å²) in [6.45, 7) is 1.42. The highest BCUT2D eigenvalue weighted by atomic mass is 16.5. The molecule has 7 heteroatoms. The topological polar surface area (TPSA) is 91.8 Å². The second-order valence-electron chi connectivity index (χ2n) is 7.03. The predicted molar refractivity (Wildman–Crippen MR) is 114 cm³/mol. The molecule has 1 aliphatic rings. The number of ether oxygens (including phenoxy) is 1. The van der Waals surface area contributed by atoms with E-state index in [1.165, 1.54) is 29.3 Å². The fourth-order valence-electron chi connectivity index (χ4n) is 3.44. The Morgan fingerprint density at radius 2 is 1.83 bits per heavy atom. The molecule has 156 valence electrons. The molecule has 1 atom stereocenters. The molecule has 0 saturated carbocycles. The number of methoxy groups -OCH3 is 1. The lowest BCUT2D eigenvalue weighted by molar-refractivity contribution is -0.127. The number of benzene rings is 1. The first-order chi connectivity index (χ1) is 14.6. The van der Waals surface area contributed by atoms with Gasteiger partial charge in [-0.2, -0.15) is 0 Å². The van der Waals surface area contributed by atoms with E-state index in [4.69, 9.17) is 9.94 Å². The summed E-state index contributed by atoms with van der Waals surface area (Å²) in [5.74, 6) is 0.457. The molecule has 30 heavy (non-hydrogen) atoms. The maximum Gasteiger partial charge on any atom is 0.267 e. The molecule has 1 saturated heterocycles. The van der Waals surface area contributed by atoms with Crippen LogP contribution in [0.5, 0.6) is 5.75 Å². The quantitative estimate of drug-likeness (QED) is 0.436. The standard InChI is InChI=1S/C23H25N3O4/c1-30-21-11-7-17(8-12-21)18-4-3-15-26(16-18)23(28)14-10-20-6-2-5-19(24-20)9-13-22(27)25-29/h2,5-14,18,29H,3-4,15-16H2,1H3,(H,25,27)/b13-9+,14-10+. The molecule has 1 unspecified atom stereocenters. The van der Waals surface area contributed by atoms with Crippen molar-refractivity contribution >= 4 is 24.0 Å². The molecule has 2 amide bonds. The third-order valence-corrected chi connectivity index (χ3v) is 5.02. The van der Waals surface area contributed by atoms with E-state index < -0.39 is 5.91 Å². The number of amides is 2. The van der Waals surface area contributed by atoms with Gasteiger partial charge in [-0.1, -0.05) is 18.2 Å². The number of hydroxylamine groups is 1. The summed E-state index contributed by atoms with van der Waals surface area (Å²) in [6.07, 6.45) is 7.87. The maximum absolute atomic E-state index is 12.7. The van der Waals surface area contributed by atoms with Crippen molar-refractivity contribution in [3.63, 3.8) is 0 Å². The van der Waals surface area contributed by atoms with Gasteiger partial charge in [0, 0.05) is 31.2 Å². The lowest BCUT2D eigenvalue weighted by Crippen LogP contribution is -2.38. The zero-order valence-electron chi connectivity index (χ0n) is 16.8. The Kier molecular flexibility index (Phi) is 7.34. The zero-order chi connectivity index (χ0) is 21.3. The highest BCUT2D eigenvalue weighted by Gasteiger charge is 2.23. The van der Waals surface area contributed by atoms with Crippen LogP contribution in [0.4, 0.5) is 0 Å². The van der Waals surface area contributed by atoms with E-state index in [9.17, 15) is 9.59 Å². The lowest BCUT2D eigenvalue weighted by Gasteiger charge is -2.32. The molecule has 2 N–H and O–H groups in total. The first-order valence-corrected chi connectivity index (χ1v) is 9.79. The Morgan fingerprint density at radius 1 is 1.13 bits per heavy atom. The van der Waals surface area contributed by atoms with Gasteiger partial charge in [0.1, 0.15) is 5.75 Å². The molecule has 0 radical (unpaired) electrons. The average Bonchev–Trinajstić information content (AvgIpc) is 2.81. The van der Waals surface area contributed by atoms with Gasteiger partial charge in [-0.05, 0) is 54.8 Å². The third kappa shape index (κ3) is 5.78. The van der Waals surface area contributed by atoms with Crippen molar-refractivity contribution in [2.24, 2.45) is 0 Å². The van der Waals surface area contributed by atoms with Crippen LogP contribution >= 0.6 is 0 Å². The summed E-state index contributed by atoms with van der Waals surface area (Å²) in [7, 11) is 1.65. The Hall–Kier alpha value is -3.45. The van der Waals surface area contributed by atoms with Gasteiger partial charge in [0.25, 0.3) is 5.91 Å². The van der Waals surface area contributed by atoms with Gasteiger partial charge in [0.2, 0.25) is 5.91 Å². The van der Waals surface area contributed by atoms with Gasteiger partial charge in [-0.25, -0.2) is 10.5 Å². The first kappa shape index (κ1) is 21.3. The maximum atomic E-state index is 12.7. The molecule has 1 aliphatic heterocycles. The summed E-state index contributed by atoms with van der Waals surface area (Å²) in [4.78, 5) is 30.0. The highest BCUT2D eigenvalue weighted by molar-refractivity contribution is 5.92. The number of likely N-dealkylation sites (tertiary alicyclic amines) is 1. The van der Waals surface area contributed by atoms with Crippen molar-refractivity contribution in [3.05, 3.63) is 71.6 Å². The molecule has 0 aliphatic carbocycles. The van der Waals surface area contributed by atoms with Gasteiger partial charge in [-0.15, -0.1) is 0 Å². The van der Waals surface area contributed by atoms with E-state index in [0.29, 0.717) is 23.9 Å². The van der Waals surface area contributed by atoms with Crippen molar-refractivity contribution < 1.29 is 19.5 Å². The van der Waals surface area contributed by atoms with Gasteiger partial charge in [-0.3, -0.25) is 14.8 Å². The number of rotatable bonds is 6. The largest absolute Gasteiger partial charge is 0.497 e. The van der Waals surface area contributed by atoms with E-state index in [1.807, 2.05) is 17.0 Å². The van der Waals surface area contributed by atoms with Crippen LogP contribution in [-0.4, -0.2) is 47.1 Å². The van der Waals surface area contributed by atoms with Gasteiger partial charge >= 0.3 is 0 Å². The zero-order valence-corrected chi connectivity index (χ0v) is 16.8. The van der Waals surface area contributed by atoms with E-state index in [2.05, 4.69) is 17.1 Å². The smallest absolute Gasteiger partial charge is 0.267 e. The van der Waals surface area contributed by atoms with Crippen molar-refractivity contribution in [2.45, 2.75) is 18.8 Å². The Balaban J connectivity index is 1.63. The van der Waals surface area contributed by atoms with Gasteiger partial charge < -0.3 is 9.64 Å². The number of carbonyl (C=O) groups excluding carboxylic acids is 2. The van der Waals surface area contributed by atoms with Crippen LogP contribution in [0.3, 0.4) is 0 Å². The number of nitrogens with zero attached hydrogens (tertiary/aromatic N) is 2. The van der Waals surface area contributed by atoms with Crippen molar-refractivity contribution in [1.82, 2.24) is 15.4 Å². The Morgan fingerprint density at radius 3 is 2.50 bits per heavy atom. The molecule has 2 aromatic rings. The normalized spacial score (nSPS) is 16.7. The van der Waals surface area contributed by atoms with E-state index in [0.717, 1.165) is 25.1 Å². The molecular formula is C23H25N3O4. The number of aromatic nitrogens is 1. The first-order valence-electron chi connectivity index (χ1n) is 9.79. The number of carbonyl (C=O) groups is 2. The lowest BCUT2D eigenvalue weighted by atomic mass is 9.90. The number of piperidine rings is 1. The predicted octanol–water partition coefficient (Wildman–Crippen LogP) is 3.03. The molecule has 0 spiro atoms. The number of nitrogens with one attached hydrogen (secondary N) is 1. The summed E-state index contributed by atoms with van der Waals surface area (Å²) in [5, 5.41) is 8.52. The molecule has 1 aromatic carbocycles. The fraction of sp³-hybridized carbons (Fsp3) is 0.261. The summed E-state index contributed by atoms with van der Waals surface area (Å²) in [6, 6.07) is 13.3. The molecule has 7 nitrogen and oxygen atoms in total. The third-order valence-electron chi connectivity index (χ3n) is 5.02.